The van der Waals surface area contributed by atoms with Crippen molar-refractivity contribution in [3.8, 4) is 34.5 Å². The van der Waals surface area contributed by atoms with Gasteiger partial charge in [0.05, 0.1) is 42.7 Å². The van der Waals surface area contributed by atoms with E-state index in [-0.39, 0.29) is 5.56 Å². The van der Waals surface area contributed by atoms with Crippen LogP contribution in [0.25, 0.3) is 0 Å². The van der Waals surface area contributed by atoms with E-state index in [4.69, 9.17) is 28.4 Å². The van der Waals surface area contributed by atoms with Crippen molar-refractivity contribution < 1.29 is 41.6 Å². The van der Waals surface area contributed by atoms with Gasteiger partial charge in [-0.15, -0.1) is 0 Å². The van der Waals surface area contributed by atoms with Crippen molar-refractivity contribution >= 4 is 0 Å². The molecule has 0 aliphatic carbocycles. The van der Waals surface area contributed by atoms with E-state index in [0.717, 1.165) is 12.1 Å². The molecule has 0 saturated carbocycles. The van der Waals surface area contributed by atoms with Crippen molar-refractivity contribution in [1.29, 1.82) is 0 Å². The minimum Gasteiger partial charge on any atom is -0.496 e. The van der Waals surface area contributed by atoms with Gasteiger partial charge in [0, 0.05) is 41.3 Å². The lowest BCUT2D eigenvalue weighted by Crippen LogP contribution is -2.12. The van der Waals surface area contributed by atoms with E-state index in [0.29, 0.717) is 45.6 Å². The van der Waals surface area contributed by atoms with Gasteiger partial charge in [-0.3, -0.25) is 0 Å². The molecule has 0 bridgehead atoms. The molecule has 0 aliphatic rings. The zero-order valence-corrected chi connectivity index (χ0v) is 19.6. The van der Waals surface area contributed by atoms with Gasteiger partial charge in [0.15, 0.2) is 17.5 Å². The normalized spacial score (nSPS) is 10.8. The Morgan fingerprint density at radius 3 is 1.09 bits per heavy atom. The van der Waals surface area contributed by atoms with Gasteiger partial charge in [0.25, 0.3) is 0 Å². The number of ether oxygens (including phenoxy) is 6. The molecule has 3 aromatic rings. The third-order valence-electron chi connectivity index (χ3n) is 5.42. The number of rotatable bonds is 9. The highest BCUT2D eigenvalue weighted by Gasteiger charge is 2.33. The van der Waals surface area contributed by atoms with E-state index in [2.05, 4.69) is 0 Å². The average Bonchev–Trinajstić information content (AvgIpc) is 2.86. The molecular formula is C25H25F3O6. The number of benzene rings is 3. The van der Waals surface area contributed by atoms with Crippen LogP contribution in [0, 0.1) is 17.5 Å². The van der Waals surface area contributed by atoms with E-state index in [1.807, 2.05) is 0 Å². The van der Waals surface area contributed by atoms with E-state index in [9.17, 15) is 13.2 Å². The van der Waals surface area contributed by atoms with Gasteiger partial charge in [0.1, 0.15) is 34.5 Å². The minimum absolute atomic E-state index is 0.0694. The molecule has 0 aliphatic heterocycles. The van der Waals surface area contributed by atoms with Crippen molar-refractivity contribution in [2.45, 2.75) is 5.92 Å². The standard InChI is InChI=1S/C25H25F3O6/c1-29-14-9-18(31-3)23(19(10-14)32-4)22(13-7-16(26)25(28)17(27)8-13)24-20(33-5)11-15(30-2)12-21(24)34-6/h7-12,22H,1-6H3. The summed E-state index contributed by atoms with van der Waals surface area (Å²) >= 11 is 0. The first kappa shape index (κ1) is 24.9. The SMILES string of the molecule is COc1cc(OC)c(C(c2cc(F)c(F)c(F)c2)c2c(OC)cc(OC)cc2OC)c(OC)c1. The molecule has 9 heteroatoms. The molecule has 0 saturated heterocycles. The first-order valence-electron chi connectivity index (χ1n) is 10.1. The molecule has 0 unspecified atom stereocenters. The average molecular weight is 478 g/mol. The predicted molar refractivity (Wildman–Crippen MR) is 119 cm³/mol. The Morgan fingerprint density at radius 2 is 0.824 bits per heavy atom. The minimum atomic E-state index is -1.58. The summed E-state index contributed by atoms with van der Waals surface area (Å²) in [5.74, 6) is -3.20. The molecule has 0 amide bonds. The van der Waals surface area contributed by atoms with Crippen molar-refractivity contribution in [2.24, 2.45) is 0 Å². The molecule has 0 spiro atoms. The topological polar surface area (TPSA) is 55.4 Å². The summed E-state index contributed by atoms with van der Waals surface area (Å²) in [4.78, 5) is 0. The van der Waals surface area contributed by atoms with Crippen LogP contribution in [0.1, 0.15) is 22.6 Å². The lowest BCUT2D eigenvalue weighted by atomic mass is 9.82. The summed E-state index contributed by atoms with van der Waals surface area (Å²) in [6.07, 6.45) is 0. The summed E-state index contributed by atoms with van der Waals surface area (Å²) in [6.45, 7) is 0. The van der Waals surface area contributed by atoms with Crippen molar-refractivity contribution in [1.82, 2.24) is 0 Å². The van der Waals surface area contributed by atoms with Crippen LogP contribution in [0.3, 0.4) is 0 Å². The van der Waals surface area contributed by atoms with E-state index in [1.165, 1.54) is 42.7 Å². The maximum Gasteiger partial charge on any atom is 0.194 e. The van der Waals surface area contributed by atoms with Crippen LogP contribution >= 0.6 is 0 Å². The molecule has 0 aromatic heterocycles. The fourth-order valence-corrected chi connectivity index (χ4v) is 3.85. The van der Waals surface area contributed by atoms with Crippen LogP contribution in [0.2, 0.25) is 0 Å². The highest BCUT2D eigenvalue weighted by Crippen LogP contribution is 2.51. The number of methoxy groups -OCH3 is 6. The smallest absolute Gasteiger partial charge is 0.194 e. The number of hydrogen-bond acceptors (Lipinski definition) is 6. The Hall–Kier alpha value is -3.75. The largest absolute Gasteiger partial charge is 0.496 e. The third-order valence-corrected chi connectivity index (χ3v) is 5.42. The molecule has 6 nitrogen and oxygen atoms in total. The van der Waals surface area contributed by atoms with Crippen molar-refractivity contribution in [3.05, 3.63) is 70.5 Å². The summed E-state index contributed by atoms with van der Waals surface area (Å²) in [5.41, 5.74) is 0.843. The van der Waals surface area contributed by atoms with Crippen LogP contribution in [0.4, 0.5) is 13.2 Å². The molecule has 0 atom stereocenters. The predicted octanol–water partition coefficient (Wildman–Crippen LogP) is 5.34. The monoisotopic (exact) mass is 478 g/mol. The first-order chi connectivity index (χ1) is 16.3. The number of hydrogen-bond donors (Lipinski definition) is 0. The lowest BCUT2D eigenvalue weighted by molar-refractivity contribution is 0.359. The Balaban J connectivity index is 2.50. The fourth-order valence-electron chi connectivity index (χ4n) is 3.85. The maximum absolute atomic E-state index is 14.4. The molecule has 34 heavy (non-hydrogen) atoms. The molecule has 0 N–H and O–H groups in total. The van der Waals surface area contributed by atoms with Crippen LogP contribution < -0.4 is 28.4 Å². The highest BCUT2D eigenvalue weighted by atomic mass is 19.2. The van der Waals surface area contributed by atoms with Gasteiger partial charge in [0.2, 0.25) is 0 Å². The quantitative estimate of drug-likeness (QED) is 0.306. The molecule has 3 rings (SSSR count). The van der Waals surface area contributed by atoms with Gasteiger partial charge in [-0.25, -0.2) is 13.2 Å². The molecule has 0 heterocycles. The number of halogens is 3. The second-order valence-corrected chi connectivity index (χ2v) is 7.12. The lowest BCUT2D eigenvalue weighted by Gasteiger charge is -2.27. The summed E-state index contributed by atoms with van der Waals surface area (Å²) in [5, 5.41) is 0. The third kappa shape index (κ3) is 4.50. The first-order valence-corrected chi connectivity index (χ1v) is 10.1. The van der Waals surface area contributed by atoms with Crippen molar-refractivity contribution in [3.63, 3.8) is 0 Å². The Morgan fingerprint density at radius 1 is 0.500 bits per heavy atom. The van der Waals surface area contributed by atoms with Crippen LogP contribution in [0.5, 0.6) is 34.5 Å². The van der Waals surface area contributed by atoms with Crippen LogP contribution in [-0.2, 0) is 0 Å². The van der Waals surface area contributed by atoms with Gasteiger partial charge < -0.3 is 28.4 Å². The van der Waals surface area contributed by atoms with Gasteiger partial charge >= 0.3 is 0 Å². The molecule has 3 aromatic carbocycles. The Labute approximate surface area is 195 Å². The Kier molecular flexibility index (Phi) is 7.65. The molecular weight excluding hydrogens is 453 g/mol. The van der Waals surface area contributed by atoms with E-state index >= 15 is 0 Å². The summed E-state index contributed by atoms with van der Waals surface area (Å²) in [7, 11) is 8.69. The van der Waals surface area contributed by atoms with Crippen LogP contribution in [0.15, 0.2) is 36.4 Å². The Bertz CT molecular complexity index is 1040. The second kappa shape index (κ2) is 10.5. The van der Waals surface area contributed by atoms with Gasteiger partial charge in [-0.2, -0.15) is 0 Å². The van der Waals surface area contributed by atoms with Gasteiger partial charge in [-0.1, -0.05) is 0 Å². The van der Waals surface area contributed by atoms with Crippen molar-refractivity contribution in [2.75, 3.05) is 42.7 Å². The zero-order chi connectivity index (χ0) is 25.0. The summed E-state index contributed by atoms with van der Waals surface area (Å²) < 4.78 is 75.8. The maximum atomic E-state index is 14.4. The summed E-state index contributed by atoms with van der Waals surface area (Å²) in [6, 6.07) is 8.23. The highest BCUT2D eigenvalue weighted by molar-refractivity contribution is 5.64. The van der Waals surface area contributed by atoms with E-state index in [1.54, 1.807) is 24.3 Å². The molecule has 0 fully saturated rings. The zero-order valence-electron chi connectivity index (χ0n) is 19.6. The van der Waals surface area contributed by atoms with Gasteiger partial charge in [-0.05, 0) is 17.7 Å². The second-order valence-electron chi connectivity index (χ2n) is 7.12. The molecule has 182 valence electrons. The van der Waals surface area contributed by atoms with E-state index < -0.39 is 23.4 Å². The van der Waals surface area contributed by atoms with Crippen LogP contribution in [-0.4, -0.2) is 42.7 Å². The molecule has 0 radical (unpaired) electrons. The fraction of sp³-hybridized carbons (Fsp3) is 0.280.